The summed E-state index contributed by atoms with van der Waals surface area (Å²) in [4.78, 5) is 18.2. The van der Waals surface area contributed by atoms with Crippen molar-refractivity contribution in [2.24, 2.45) is 0 Å². The lowest BCUT2D eigenvalue weighted by Crippen LogP contribution is -2.26. The number of ether oxygens (including phenoxy) is 1. The molecule has 28 heavy (non-hydrogen) atoms. The fraction of sp³-hybridized carbons (Fsp3) is 0.286. The van der Waals surface area contributed by atoms with Gasteiger partial charge in [-0.1, -0.05) is 34.5 Å². The molecule has 0 aliphatic carbocycles. The highest BCUT2D eigenvalue weighted by atomic mass is 35.5. The van der Waals surface area contributed by atoms with Crippen LogP contribution in [0.5, 0.6) is 5.75 Å². The Morgan fingerprint density at radius 2 is 1.86 bits per heavy atom. The molecule has 0 spiro atoms. The van der Waals surface area contributed by atoms with Gasteiger partial charge in [-0.05, 0) is 49.7 Å². The third kappa shape index (κ3) is 5.57. The Morgan fingerprint density at radius 1 is 1.14 bits per heavy atom. The van der Waals surface area contributed by atoms with E-state index in [0.717, 1.165) is 11.3 Å². The molecule has 0 aliphatic rings. The van der Waals surface area contributed by atoms with Crippen molar-refractivity contribution in [3.8, 4) is 17.1 Å². The summed E-state index contributed by atoms with van der Waals surface area (Å²) < 4.78 is 10.9. The first-order chi connectivity index (χ1) is 13.5. The van der Waals surface area contributed by atoms with Crippen molar-refractivity contribution in [3.05, 3.63) is 65.0 Å². The predicted octanol–water partition coefficient (Wildman–Crippen LogP) is 4.52. The standard InChI is InChI=1S/C21H22ClN3O3/c1-15-5-11-18(12-6-15)27-13-3-4-20(26)25(2)14-19-23-21(24-28-19)16-7-9-17(22)10-8-16/h5-12H,3-4,13-14H2,1-2H3. The van der Waals surface area contributed by atoms with Gasteiger partial charge in [0.1, 0.15) is 5.75 Å². The summed E-state index contributed by atoms with van der Waals surface area (Å²) >= 11 is 5.88. The number of halogens is 1. The lowest BCUT2D eigenvalue weighted by Gasteiger charge is -2.14. The van der Waals surface area contributed by atoms with E-state index in [1.165, 1.54) is 5.56 Å². The first-order valence-electron chi connectivity index (χ1n) is 9.03. The molecule has 3 rings (SSSR count). The van der Waals surface area contributed by atoms with Crippen molar-refractivity contribution in [2.45, 2.75) is 26.3 Å². The summed E-state index contributed by atoms with van der Waals surface area (Å²) in [6.45, 7) is 2.78. The van der Waals surface area contributed by atoms with E-state index >= 15 is 0 Å². The van der Waals surface area contributed by atoms with Crippen molar-refractivity contribution in [1.29, 1.82) is 0 Å². The number of carbonyl (C=O) groups excluding carboxylic acids is 1. The van der Waals surface area contributed by atoms with E-state index in [1.54, 1.807) is 24.1 Å². The molecule has 1 heterocycles. The summed E-state index contributed by atoms with van der Waals surface area (Å²) in [6.07, 6.45) is 1.03. The molecule has 0 bridgehead atoms. The van der Waals surface area contributed by atoms with E-state index in [4.69, 9.17) is 20.9 Å². The van der Waals surface area contributed by atoms with Crippen molar-refractivity contribution in [2.75, 3.05) is 13.7 Å². The van der Waals surface area contributed by atoms with Crippen molar-refractivity contribution in [1.82, 2.24) is 15.0 Å². The maximum absolute atomic E-state index is 12.3. The molecule has 0 saturated carbocycles. The Balaban J connectivity index is 1.44. The van der Waals surface area contributed by atoms with Crippen molar-refractivity contribution >= 4 is 17.5 Å². The molecule has 3 aromatic rings. The minimum atomic E-state index is -0.00116. The number of carbonyl (C=O) groups is 1. The maximum Gasteiger partial charge on any atom is 0.246 e. The minimum absolute atomic E-state index is 0.00116. The molecule has 0 saturated heterocycles. The van der Waals surface area contributed by atoms with E-state index in [1.807, 2.05) is 43.3 Å². The Bertz CT molecular complexity index is 907. The highest BCUT2D eigenvalue weighted by Gasteiger charge is 2.14. The van der Waals surface area contributed by atoms with E-state index < -0.39 is 0 Å². The van der Waals surface area contributed by atoms with Gasteiger partial charge in [0.2, 0.25) is 17.6 Å². The van der Waals surface area contributed by atoms with Crippen LogP contribution in [0.2, 0.25) is 5.02 Å². The molecule has 0 atom stereocenters. The average molecular weight is 400 g/mol. The van der Waals surface area contributed by atoms with Gasteiger partial charge in [-0.15, -0.1) is 0 Å². The number of nitrogens with zero attached hydrogens (tertiary/aromatic N) is 3. The minimum Gasteiger partial charge on any atom is -0.494 e. The van der Waals surface area contributed by atoms with Crippen LogP contribution in [0.3, 0.4) is 0 Å². The maximum atomic E-state index is 12.3. The second kappa shape index (κ2) is 9.37. The second-order valence-corrected chi connectivity index (χ2v) is 6.97. The molecule has 7 heteroatoms. The molecule has 146 valence electrons. The third-order valence-electron chi connectivity index (χ3n) is 4.19. The lowest BCUT2D eigenvalue weighted by molar-refractivity contribution is -0.131. The first kappa shape index (κ1) is 19.9. The zero-order valence-electron chi connectivity index (χ0n) is 15.9. The summed E-state index contributed by atoms with van der Waals surface area (Å²) in [5.41, 5.74) is 1.99. The highest BCUT2D eigenvalue weighted by molar-refractivity contribution is 6.30. The van der Waals surface area contributed by atoms with E-state index in [2.05, 4.69) is 10.1 Å². The normalized spacial score (nSPS) is 10.7. The van der Waals surface area contributed by atoms with Crippen molar-refractivity contribution in [3.63, 3.8) is 0 Å². The molecular weight excluding hydrogens is 378 g/mol. The molecule has 0 fully saturated rings. The van der Waals surface area contributed by atoms with Crippen LogP contribution in [0.1, 0.15) is 24.3 Å². The molecule has 1 amide bonds. The number of amides is 1. The lowest BCUT2D eigenvalue weighted by atomic mass is 10.2. The van der Waals surface area contributed by atoms with Gasteiger partial charge in [0.15, 0.2) is 0 Å². The van der Waals surface area contributed by atoms with Crippen LogP contribution in [-0.2, 0) is 11.3 Å². The first-order valence-corrected chi connectivity index (χ1v) is 9.41. The fourth-order valence-corrected chi connectivity index (χ4v) is 2.69. The predicted molar refractivity (Wildman–Crippen MR) is 107 cm³/mol. The van der Waals surface area contributed by atoms with E-state index in [-0.39, 0.29) is 12.5 Å². The third-order valence-corrected chi connectivity index (χ3v) is 4.45. The Labute approximate surface area is 169 Å². The Morgan fingerprint density at radius 3 is 2.57 bits per heavy atom. The number of aromatic nitrogens is 2. The van der Waals surface area contributed by atoms with Crippen LogP contribution in [0.25, 0.3) is 11.4 Å². The van der Waals surface area contributed by atoms with Gasteiger partial charge in [-0.2, -0.15) is 4.98 Å². The van der Waals surface area contributed by atoms with E-state index in [9.17, 15) is 4.79 Å². The summed E-state index contributed by atoms with van der Waals surface area (Å²) in [5, 5.41) is 4.60. The van der Waals surface area contributed by atoms with E-state index in [0.29, 0.717) is 36.2 Å². The van der Waals surface area contributed by atoms with Crippen LogP contribution >= 0.6 is 11.6 Å². The van der Waals surface area contributed by atoms with Gasteiger partial charge in [0.25, 0.3) is 0 Å². The Kier molecular flexibility index (Phi) is 6.66. The number of rotatable bonds is 8. The van der Waals surface area contributed by atoms with Crippen LogP contribution in [0, 0.1) is 6.92 Å². The summed E-state index contributed by atoms with van der Waals surface area (Å²) in [6, 6.07) is 15.0. The van der Waals surface area contributed by atoms with Crippen LogP contribution in [-0.4, -0.2) is 34.6 Å². The quantitative estimate of drug-likeness (QED) is 0.521. The average Bonchev–Trinajstić information content (AvgIpc) is 3.15. The van der Waals surface area contributed by atoms with Gasteiger partial charge in [-0.3, -0.25) is 4.79 Å². The number of aryl methyl sites for hydroxylation is 1. The monoisotopic (exact) mass is 399 g/mol. The molecule has 0 unspecified atom stereocenters. The number of hydrogen-bond acceptors (Lipinski definition) is 5. The smallest absolute Gasteiger partial charge is 0.246 e. The van der Waals surface area contributed by atoms with Gasteiger partial charge < -0.3 is 14.2 Å². The molecule has 0 aliphatic heterocycles. The zero-order valence-corrected chi connectivity index (χ0v) is 16.6. The molecule has 6 nitrogen and oxygen atoms in total. The van der Waals surface area contributed by atoms with Crippen LogP contribution in [0.4, 0.5) is 0 Å². The highest BCUT2D eigenvalue weighted by Crippen LogP contribution is 2.19. The molecule has 1 aromatic heterocycles. The largest absolute Gasteiger partial charge is 0.494 e. The van der Waals surface area contributed by atoms with Gasteiger partial charge in [0, 0.05) is 24.1 Å². The number of hydrogen-bond donors (Lipinski definition) is 0. The zero-order chi connectivity index (χ0) is 19.9. The molecular formula is C21H22ClN3O3. The SMILES string of the molecule is Cc1ccc(OCCCC(=O)N(C)Cc2nc(-c3ccc(Cl)cc3)no2)cc1. The van der Waals surface area contributed by atoms with Gasteiger partial charge >= 0.3 is 0 Å². The van der Waals surface area contributed by atoms with Crippen molar-refractivity contribution < 1.29 is 14.1 Å². The summed E-state index contributed by atoms with van der Waals surface area (Å²) in [5.74, 6) is 1.67. The number of benzene rings is 2. The fourth-order valence-electron chi connectivity index (χ4n) is 2.57. The molecule has 2 aromatic carbocycles. The van der Waals surface area contributed by atoms with Gasteiger partial charge in [-0.25, -0.2) is 0 Å². The summed E-state index contributed by atoms with van der Waals surface area (Å²) in [7, 11) is 1.72. The molecule has 0 N–H and O–H groups in total. The van der Waals surface area contributed by atoms with Gasteiger partial charge in [0.05, 0.1) is 13.2 Å². The van der Waals surface area contributed by atoms with Crippen LogP contribution in [0.15, 0.2) is 53.1 Å². The van der Waals surface area contributed by atoms with Crippen LogP contribution < -0.4 is 4.74 Å². The topological polar surface area (TPSA) is 68.5 Å². The second-order valence-electron chi connectivity index (χ2n) is 6.53. The Hall–Kier alpha value is -2.86. The molecule has 0 radical (unpaired) electrons.